The van der Waals surface area contributed by atoms with Crippen molar-refractivity contribution in [3.05, 3.63) is 0 Å². The van der Waals surface area contributed by atoms with Crippen molar-refractivity contribution >= 4 is 12.7 Å². The van der Waals surface area contributed by atoms with Gasteiger partial charge in [-0.05, 0) is 0 Å². The maximum absolute atomic E-state index is 10.3. The molecule has 0 fully saturated rings. The van der Waals surface area contributed by atoms with Gasteiger partial charge in [0.2, 0.25) is 6.41 Å². The van der Waals surface area contributed by atoms with Crippen molar-refractivity contribution in [2.75, 3.05) is 26.9 Å². The van der Waals surface area contributed by atoms with E-state index in [0.717, 1.165) is 6.29 Å². The van der Waals surface area contributed by atoms with Crippen molar-refractivity contribution in [1.82, 2.24) is 10.8 Å². The van der Waals surface area contributed by atoms with E-state index in [-0.39, 0.29) is 19.6 Å². The van der Waals surface area contributed by atoms with Crippen molar-refractivity contribution in [3.63, 3.8) is 0 Å². The molecule has 7 nitrogen and oxygen atoms in total. The number of amides is 1. The van der Waals surface area contributed by atoms with E-state index >= 15 is 0 Å². The normalized spacial score (nSPS) is 14.3. The summed E-state index contributed by atoms with van der Waals surface area (Å²) in [6.45, 7) is -0.193. The highest BCUT2D eigenvalue weighted by atomic mass is 16.6. The van der Waals surface area contributed by atoms with Gasteiger partial charge < -0.3 is 24.8 Å². The highest BCUT2D eigenvalue weighted by Gasteiger charge is 2.29. The summed E-state index contributed by atoms with van der Waals surface area (Å²) in [4.78, 5) is 24.9. The molecule has 1 atom stereocenters. The third-order valence-corrected chi connectivity index (χ3v) is 1.63. The fourth-order valence-electron chi connectivity index (χ4n) is 0.910. The number of hydrogen-bond acceptors (Lipinski definition) is 6. The largest absolute Gasteiger partial charge is 0.392 e. The number of hydrogen-bond donors (Lipinski definition) is 3. The molecule has 0 saturated carbocycles. The SMILES string of the molecule is CONC(CO)(COCCC=O)NC=O. The summed E-state index contributed by atoms with van der Waals surface area (Å²) in [5.74, 6) is 0. The van der Waals surface area contributed by atoms with Crippen molar-refractivity contribution in [2.24, 2.45) is 0 Å². The topological polar surface area (TPSA) is 96.9 Å². The number of aliphatic hydroxyl groups excluding tert-OH is 1. The molecule has 0 spiro atoms. The quantitative estimate of drug-likeness (QED) is 0.173. The summed E-state index contributed by atoms with van der Waals surface area (Å²) < 4.78 is 5.08. The molecule has 0 saturated heterocycles. The van der Waals surface area contributed by atoms with Gasteiger partial charge in [-0.1, -0.05) is 0 Å². The van der Waals surface area contributed by atoms with Crippen molar-refractivity contribution in [3.8, 4) is 0 Å². The lowest BCUT2D eigenvalue weighted by molar-refractivity contribution is -0.121. The van der Waals surface area contributed by atoms with E-state index in [0.29, 0.717) is 6.41 Å². The maximum atomic E-state index is 10.3. The van der Waals surface area contributed by atoms with E-state index in [2.05, 4.69) is 15.6 Å². The van der Waals surface area contributed by atoms with Gasteiger partial charge in [0.05, 0.1) is 26.9 Å². The molecule has 0 aliphatic heterocycles. The van der Waals surface area contributed by atoms with E-state index < -0.39 is 12.3 Å². The van der Waals surface area contributed by atoms with E-state index in [4.69, 9.17) is 9.84 Å². The van der Waals surface area contributed by atoms with E-state index in [1.165, 1.54) is 7.11 Å². The first kappa shape index (κ1) is 14.0. The van der Waals surface area contributed by atoms with Crippen LogP contribution in [0, 0.1) is 0 Å². The molecule has 88 valence electrons. The minimum absolute atomic E-state index is 0.0100. The smallest absolute Gasteiger partial charge is 0.208 e. The molecule has 1 amide bonds. The van der Waals surface area contributed by atoms with Crippen LogP contribution >= 0.6 is 0 Å². The predicted molar refractivity (Wildman–Crippen MR) is 50.7 cm³/mol. The maximum Gasteiger partial charge on any atom is 0.208 e. The summed E-state index contributed by atoms with van der Waals surface area (Å²) in [6.07, 6.45) is 1.40. The minimum Gasteiger partial charge on any atom is -0.392 e. The number of carbonyl (C=O) groups excluding carboxylic acids is 2. The molecule has 3 N–H and O–H groups in total. The van der Waals surface area contributed by atoms with Crippen molar-refractivity contribution in [1.29, 1.82) is 0 Å². The van der Waals surface area contributed by atoms with Gasteiger partial charge in [-0.2, -0.15) is 5.48 Å². The van der Waals surface area contributed by atoms with Crippen LogP contribution in [-0.4, -0.2) is 50.4 Å². The summed E-state index contributed by atoms with van der Waals surface area (Å²) in [5, 5.41) is 11.4. The van der Waals surface area contributed by atoms with Gasteiger partial charge in [-0.3, -0.25) is 4.79 Å². The van der Waals surface area contributed by atoms with E-state index in [9.17, 15) is 9.59 Å². The van der Waals surface area contributed by atoms with Crippen LogP contribution < -0.4 is 10.8 Å². The van der Waals surface area contributed by atoms with Crippen LogP contribution in [0.25, 0.3) is 0 Å². The Hall–Kier alpha value is -1.02. The molecular weight excluding hydrogens is 204 g/mol. The Morgan fingerprint density at radius 1 is 1.47 bits per heavy atom. The van der Waals surface area contributed by atoms with Crippen molar-refractivity contribution < 1.29 is 24.3 Å². The number of ether oxygens (including phenoxy) is 1. The van der Waals surface area contributed by atoms with Crippen LogP contribution in [0.4, 0.5) is 0 Å². The first-order valence-corrected chi connectivity index (χ1v) is 4.38. The first-order chi connectivity index (χ1) is 7.24. The molecule has 7 heteroatoms. The van der Waals surface area contributed by atoms with Crippen LogP contribution in [0.2, 0.25) is 0 Å². The standard InChI is InChI=1S/C8H16N2O5/c1-14-10-8(5-12,9-7-13)6-15-4-2-3-11/h3,7,10,12H,2,4-6H2,1H3,(H,9,13). The predicted octanol–water partition coefficient (Wildman–Crippen LogP) is -1.82. The molecule has 0 aliphatic rings. The third-order valence-electron chi connectivity index (χ3n) is 1.63. The average molecular weight is 220 g/mol. The minimum atomic E-state index is -1.18. The molecule has 0 radical (unpaired) electrons. The molecule has 0 aromatic carbocycles. The van der Waals surface area contributed by atoms with Crippen LogP contribution in [0.5, 0.6) is 0 Å². The lowest BCUT2D eigenvalue weighted by Crippen LogP contribution is -2.62. The van der Waals surface area contributed by atoms with Gasteiger partial charge in [0, 0.05) is 6.42 Å². The van der Waals surface area contributed by atoms with Gasteiger partial charge in [-0.15, -0.1) is 0 Å². The molecule has 0 aromatic rings. The Kier molecular flexibility index (Phi) is 7.74. The summed E-state index contributed by atoms with van der Waals surface area (Å²) in [5.41, 5.74) is 1.24. The zero-order valence-corrected chi connectivity index (χ0v) is 8.56. The Morgan fingerprint density at radius 3 is 2.67 bits per heavy atom. The summed E-state index contributed by atoms with van der Waals surface area (Å²) in [6, 6.07) is 0. The zero-order valence-electron chi connectivity index (χ0n) is 8.56. The van der Waals surface area contributed by atoms with E-state index in [1.807, 2.05) is 0 Å². The number of aldehydes is 1. The number of nitrogens with one attached hydrogen (secondary N) is 2. The van der Waals surface area contributed by atoms with Crippen LogP contribution in [-0.2, 0) is 19.2 Å². The monoisotopic (exact) mass is 220 g/mol. The Balaban J connectivity index is 4.07. The molecule has 0 heterocycles. The van der Waals surface area contributed by atoms with Gasteiger partial charge in [0.1, 0.15) is 6.29 Å². The lowest BCUT2D eigenvalue weighted by Gasteiger charge is -2.30. The fourth-order valence-corrected chi connectivity index (χ4v) is 0.910. The van der Waals surface area contributed by atoms with Crippen LogP contribution in [0.3, 0.4) is 0 Å². The van der Waals surface area contributed by atoms with Crippen molar-refractivity contribution in [2.45, 2.75) is 12.1 Å². The third kappa shape index (κ3) is 5.43. The Bertz CT molecular complexity index is 190. The Morgan fingerprint density at radius 2 is 2.20 bits per heavy atom. The first-order valence-electron chi connectivity index (χ1n) is 4.38. The molecule has 0 rings (SSSR count). The molecule has 15 heavy (non-hydrogen) atoms. The van der Waals surface area contributed by atoms with Crippen LogP contribution in [0.1, 0.15) is 6.42 Å². The second-order valence-corrected chi connectivity index (χ2v) is 2.82. The molecule has 0 aromatic heterocycles. The lowest BCUT2D eigenvalue weighted by atomic mass is 10.2. The summed E-state index contributed by atoms with van der Waals surface area (Å²) in [7, 11) is 1.35. The average Bonchev–Trinajstić information content (AvgIpc) is 2.25. The highest BCUT2D eigenvalue weighted by Crippen LogP contribution is 1.99. The fraction of sp³-hybridized carbons (Fsp3) is 0.750. The number of carbonyl (C=O) groups is 2. The highest BCUT2D eigenvalue weighted by molar-refractivity contribution is 5.49. The van der Waals surface area contributed by atoms with Gasteiger partial charge in [0.15, 0.2) is 5.66 Å². The number of aliphatic hydroxyl groups is 1. The van der Waals surface area contributed by atoms with Gasteiger partial charge in [-0.25, -0.2) is 0 Å². The second kappa shape index (κ2) is 8.30. The Labute approximate surface area is 87.7 Å². The van der Waals surface area contributed by atoms with E-state index in [1.54, 1.807) is 0 Å². The molecular formula is C8H16N2O5. The van der Waals surface area contributed by atoms with Gasteiger partial charge >= 0.3 is 0 Å². The zero-order chi connectivity index (χ0) is 11.6. The molecule has 1 unspecified atom stereocenters. The molecule has 0 aliphatic carbocycles. The number of rotatable bonds is 10. The molecule has 0 bridgehead atoms. The second-order valence-electron chi connectivity index (χ2n) is 2.82. The van der Waals surface area contributed by atoms with Crippen LogP contribution in [0.15, 0.2) is 0 Å². The summed E-state index contributed by atoms with van der Waals surface area (Å²) >= 11 is 0. The van der Waals surface area contributed by atoms with Gasteiger partial charge in [0.25, 0.3) is 0 Å². The number of hydroxylamine groups is 1.